The van der Waals surface area contributed by atoms with Crippen LogP contribution < -0.4 is 20.3 Å². The Hall–Kier alpha value is -2.80. The number of carbonyl (C=O) groups excluding carboxylic acids is 2. The Balaban J connectivity index is 0.00000155. The zero-order valence-corrected chi connectivity index (χ0v) is 18.1. The third-order valence-electron chi connectivity index (χ3n) is 4.21. The molecule has 0 aromatic heterocycles. The van der Waals surface area contributed by atoms with Crippen LogP contribution in [-0.4, -0.2) is 37.6 Å². The van der Waals surface area contributed by atoms with E-state index in [0.717, 1.165) is 6.42 Å². The second-order valence-corrected chi connectivity index (χ2v) is 6.86. The molecule has 0 saturated heterocycles. The van der Waals surface area contributed by atoms with Gasteiger partial charge in [-0.15, -0.1) is 0 Å². The van der Waals surface area contributed by atoms with Crippen LogP contribution in [0.4, 0.5) is 15.8 Å². The van der Waals surface area contributed by atoms with E-state index in [1.165, 1.54) is 17.0 Å². The van der Waals surface area contributed by atoms with E-state index in [-0.39, 0.29) is 36.3 Å². The van der Waals surface area contributed by atoms with E-state index in [9.17, 15) is 14.0 Å². The molecule has 0 aliphatic carbocycles. The normalized spacial score (nSPS) is 14.6. The number of anilines is 2. The lowest BCUT2D eigenvalue weighted by Gasteiger charge is -2.35. The van der Waals surface area contributed by atoms with E-state index >= 15 is 0 Å². The third kappa shape index (κ3) is 6.10. The molecule has 1 aliphatic rings. The Bertz CT molecular complexity index is 878. The van der Waals surface area contributed by atoms with E-state index in [1.807, 2.05) is 20.8 Å². The second-order valence-electron chi connectivity index (χ2n) is 6.42. The Morgan fingerprint density at radius 3 is 2.67 bits per heavy atom. The maximum atomic E-state index is 14.4. The predicted octanol–water partition coefficient (Wildman–Crippen LogP) is 4.24. The molecule has 1 heterocycles. The van der Waals surface area contributed by atoms with Gasteiger partial charge in [-0.2, -0.15) is 0 Å². The van der Waals surface area contributed by atoms with Crippen molar-refractivity contribution in [1.82, 2.24) is 5.32 Å². The Morgan fingerprint density at radius 1 is 1.23 bits per heavy atom. The molecule has 30 heavy (non-hydrogen) atoms. The highest BCUT2D eigenvalue weighted by molar-refractivity contribution is 6.30. The summed E-state index contributed by atoms with van der Waals surface area (Å²) >= 11 is 5.93. The number of fused-ring (bicyclic) bond motifs is 1. The third-order valence-corrected chi connectivity index (χ3v) is 4.44. The van der Waals surface area contributed by atoms with Crippen molar-refractivity contribution in [3.05, 3.63) is 53.3 Å². The molecule has 1 aliphatic heterocycles. The SMILES string of the molecule is CC.CCCNC(=O)C1CN(CC(=O)Nc2cccc(Cl)c2)c2c(F)cccc2O1. The van der Waals surface area contributed by atoms with Crippen LogP contribution in [0.25, 0.3) is 0 Å². The number of hydrogen-bond donors (Lipinski definition) is 2. The fourth-order valence-corrected chi connectivity index (χ4v) is 3.15. The van der Waals surface area contributed by atoms with E-state index in [2.05, 4.69) is 10.6 Å². The van der Waals surface area contributed by atoms with Gasteiger partial charge in [-0.25, -0.2) is 4.39 Å². The minimum absolute atomic E-state index is 0.0620. The van der Waals surface area contributed by atoms with Gasteiger partial charge in [0.05, 0.1) is 13.1 Å². The number of carbonyl (C=O) groups is 2. The molecular formula is C22H27ClFN3O3. The van der Waals surface area contributed by atoms with Gasteiger partial charge in [0.15, 0.2) is 6.10 Å². The predicted molar refractivity (Wildman–Crippen MR) is 118 cm³/mol. The molecule has 0 bridgehead atoms. The summed E-state index contributed by atoms with van der Waals surface area (Å²) in [7, 11) is 0. The summed E-state index contributed by atoms with van der Waals surface area (Å²) in [4.78, 5) is 26.4. The summed E-state index contributed by atoms with van der Waals surface area (Å²) in [6, 6.07) is 11.1. The summed E-state index contributed by atoms with van der Waals surface area (Å²) in [5, 5.41) is 5.99. The first-order valence-corrected chi connectivity index (χ1v) is 10.4. The number of halogens is 2. The molecule has 162 valence electrons. The number of para-hydroxylation sites is 1. The lowest BCUT2D eigenvalue weighted by molar-refractivity contribution is -0.128. The molecule has 6 nitrogen and oxygen atoms in total. The maximum absolute atomic E-state index is 14.4. The average Bonchev–Trinajstić information content (AvgIpc) is 2.73. The van der Waals surface area contributed by atoms with E-state index in [1.54, 1.807) is 30.3 Å². The summed E-state index contributed by atoms with van der Waals surface area (Å²) in [6.45, 7) is 6.39. The maximum Gasteiger partial charge on any atom is 0.262 e. The molecule has 2 amide bonds. The molecular weight excluding hydrogens is 409 g/mol. The van der Waals surface area contributed by atoms with Crippen molar-refractivity contribution in [2.75, 3.05) is 29.9 Å². The number of ether oxygens (including phenoxy) is 1. The molecule has 1 unspecified atom stereocenters. The molecule has 0 fully saturated rings. The van der Waals surface area contributed by atoms with Crippen LogP contribution in [0.5, 0.6) is 5.75 Å². The van der Waals surface area contributed by atoms with Gasteiger partial charge < -0.3 is 20.3 Å². The largest absolute Gasteiger partial charge is 0.476 e. The minimum Gasteiger partial charge on any atom is -0.476 e. The van der Waals surface area contributed by atoms with Crippen molar-refractivity contribution in [2.45, 2.75) is 33.3 Å². The van der Waals surface area contributed by atoms with Crippen molar-refractivity contribution in [3.63, 3.8) is 0 Å². The van der Waals surface area contributed by atoms with Gasteiger partial charge in [0, 0.05) is 17.3 Å². The second kappa shape index (κ2) is 11.4. The van der Waals surface area contributed by atoms with Crippen molar-refractivity contribution >= 4 is 34.8 Å². The molecule has 1 atom stereocenters. The lowest BCUT2D eigenvalue weighted by atomic mass is 10.1. The highest BCUT2D eigenvalue weighted by Crippen LogP contribution is 2.35. The van der Waals surface area contributed by atoms with E-state index in [4.69, 9.17) is 16.3 Å². The minimum atomic E-state index is -0.834. The van der Waals surface area contributed by atoms with Crippen LogP contribution in [0.1, 0.15) is 27.2 Å². The monoisotopic (exact) mass is 435 g/mol. The number of benzene rings is 2. The molecule has 0 spiro atoms. The number of hydrogen-bond acceptors (Lipinski definition) is 4. The van der Waals surface area contributed by atoms with Gasteiger partial charge in [0.1, 0.15) is 17.3 Å². The Kier molecular flexibility index (Phi) is 8.92. The Morgan fingerprint density at radius 2 is 1.97 bits per heavy atom. The van der Waals surface area contributed by atoms with Crippen LogP contribution in [0.15, 0.2) is 42.5 Å². The first kappa shape index (κ1) is 23.5. The molecule has 8 heteroatoms. The van der Waals surface area contributed by atoms with Crippen molar-refractivity contribution in [2.24, 2.45) is 0 Å². The summed E-state index contributed by atoms with van der Waals surface area (Å²) in [5.74, 6) is -0.929. The smallest absolute Gasteiger partial charge is 0.262 e. The average molecular weight is 436 g/mol. The van der Waals surface area contributed by atoms with Crippen molar-refractivity contribution in [3.8, 4) is 5.75 Å². The topological polar surface area (TPSA) is 70.7 Å². The summed E-state index contributed by atoms with van der Waals surface area (Å²) in [5.41, 5.74) is 0.708. The zero-order chi connectivity index (χ0) is 22.1. The number of nitrogens with zero attached hydrogens (tertiary/aromatic N) is 1. The van der Waals surface area contributed by atoms with Gasteiger partial charge in [-0.1, -0.05) is 44.5 Å². The zero-order valence-electron chi connectivity index (χ0n) is 17.4. The quantitative estimate of drug-likeness (QED) is 0.712. The first-order chi connectivity index (χ1) is 14.5. The number of amides is 2. The van der Waals surface area contributed by atoms with Gasteiger partial charge >= 0.3 is 0 Å². The molecule has 0 radical (unpaired) electrons. The first-order valence-electron chi connectivity index (χ1n) is 10.0. The van der Waals surface area contributed by atoms with Crippen LogP contribution >= 0.6 is 11.6 Å². The fraction of sp³-hybridized carbons (Fsp3) is 0.364. The van der Waals surface area contributed by atoms with Crippen LogP contribution in [0, 0.1) is 5.82 Å². The molecule has 2 aromatic rings. The standard InChI is InChI=1S/C20H21ClFN3O3.C2H6/c1-2-9-23-20(27)17-11-25(19-15(22)7-4-8-16(19)28-17)12-18(26)24-14-6-3-5-13(21)10-14;1-2/h3-8,10,17H,2,9,11-12H2,1H3,(H,23,27)(H,24,26);1-2H3. The lowest BCUT2D eigenvalue weighted by Crippen LogP contribution is -2.51. The summed E-state index contributed by atoms with van der Waals surface area (Å²) < 4.78 is 20.1. The molecule has 0 saturated carbocycles. The molecule has 2 aromatic carbocycles. The van der Waals surface area contributed by atoms with Crippen LogP contribution in [0.3, 0.4) is 0 Å². The van der Waals surface area contributed by atoms with Gasteiger partial charge in [0.2, 0.25) is 5.91 Å². The number of nitrogens with one attached hydrogen (secondary N) is 2. The van der Waals surface area contributed by atoms with Gasteiger partial charge in [0.25, 0.3) is 5.91 Å². The Labute approximate surface area is 181 Å². The fourth-order valence-electron chi connectivity index (χ4n) is 2.96. The molecule has 2 N–H and O–H groups in total. The highest BCUT2D eigenvalue weighted by atomic mass is 35.5. The van der Waals surface area contributed by atoms with E-state index < -0.39 is 11.9 Å². The number of rotatable bonds is 6. The van der Waals surface area contributed by atoms with E-state index in [0.29, 0.717) is 17.3 Å². The van der Waals surface area contributed by atoms with Gasteiger partial charge in [-0.3, -0.25) is 9.59 Å². The highest BCUT2D eigenvalue weighted by Gasteiger charge is 2.33. The van der Waals surface area contributed by atoms with Gasteiger partial charge in [-0.05, 0) is 36.8 Å². The van der Waals surface area contributed by atoms with Crippen LogP contribution in [-0.2, 0) is 9.59 Å². The summed E-state index contributed by atoms with van der Waals surface area (Å²) in [6.07, 6.45) is -0.0464. The van der Waals surface area contributed by atoms with Crippen LogP contribution in [0.2, 0.25) is 5.02 Å². The van der Waals surface area contributed by atoms with Crippen molar-refractivity contribution in [1.29, 1.82) is 0 Å². The van der Waals surface area contributed by atoms with Crippen molar-refractivity contribution < 1.29 is 18.7 Å². The molecule has 3 rings (SSSR count).